The fourth-order valence-corrected chi connectivity index (χ4v) is 3.11. The van der Waals surface area contributed by atoms with Crippen molar-refractivity contribution in [2.45, 2.75) is 6.92 Å². The number of rotatable bonds is 3. The molecule has 0 radical (unpaired) electrons. The summed E-state index contributed by atoms with van der Waals surface area (Å²) in [6.07, 6.45) is 4.16. The molecule has 0 unspecified atom stereocenters. The van der Waals surface area contributed by atoms with Crippen LogP contribution in [-0.2, 0) is 0 Å². The molecule has 0 aliphatic carbocycles. The monoisotopic (exact) mass is 388 g/mol. The third-order valence-electron chi connectivity index (χ3n) is 3.72. The Kier molecular flexibility index (Phi) is 4.18. The summed E-state index contributed by atoms with van der Waals surface area (Å²) in [5.41, 5.74) is 1.40. The Balaban J connectivity index is 1.86. The first-order valence-electron chi connectivity index (χ1n) is 7.57. The van der Waals surface area contributed by atoms with Crippen molar-refractivity contribution in [2.75, 3.05) is 5.32 Å². The number of nitrogens with zero attached hydrogens (tertiary/aromatic N) is 5. The van der Waals surface area contributed by atoms with Gasteiger partial charge in [0.15, 0.2) is 5.82 Å². The van der Waals surface area contributed by atoms with Crippen LogP contribution >= 0.6 is 23.2 Å². The van der Waals surface area contributed by atoms with Crippen molar-refractivity contribution in [1.29, 1.82) is 0 Å². The molecule has 0 saturated heterocycles. The fourth-order valence-electron chi connectivity index (χ4n) is 2.54. The zero-order chi connectivity index (χ0) is 18.3. The van der Waals surface area contributed by atoms with Gasteiger partial charge >= 0.3 is 0 Å². The van der Waals surface area contributed by atoms with E-state index < -0.39 is 5.82 Å². The van der Waals surface area contributed by atoms with Gasteiger partial charge in [0.25, 0.3) is 0 Å². The number of para-hydroxylation sites is 1. The van der Waals surface area contributed by atoms with Gasteiger partial charge in [0.05, 0.1) is 21.6 Å². The summed E-state index contributed by atoms with van der Waals surface area (Å²) in [5.74, 6) is 0.404. The molecule has 3 aromatic heterocycles. The summed E-state index contributed by atoms with van der Waals surface area (Å²) in [4.78, 5) is 12.3. The maximum Gasteiger partial charge on any atom is 0.169 e. The maximum absolute atomic E-state index is 14.2. The van der Waals surface area contributed by atoms with E-state index in [4.69, 9.17) is 23.2 Å². The summed E-state index contributed by atoms with van der Waals surface area (Å²) in [6.45, 7) is 1.85. The summed E-state index contributed by atoms with van der Waals surface area (Å²) in [6, 6.07) is 6.86. The van der Waals surface area contributed by atoms with Gasteiger partial charge in [-0.3, -0.25) is 0 Å². The van der Waals surface area contributed by atoms with Crippen molar-refractivity contribution in [3.8, 4) is 5.69 Å². The van der Waals surface area contributed by atoms with Crippen molar-refractivity contribution in [3.05, 3.63) is 64.5 Å². The molecule has 0 atom stereocenters. The molecule has 0 bridgehead atoms. The molecule has 9 heteroatoms. The van der Waals surface area contributed by atoms with Crippen LogP contribution in [-0.4, -0.2) is 24.7 Å². The standard InChI is InChI=1S/C17H11Cl2FN6/c1-9-5-14(23-8-22-9)24-17-10-7-26(25-15(10)13(20)6-21-17)16-11(18)3-2-4-12(16)19/h2-8H,1H3,(H,21,22,23,24). The van der Waals surface area contributed by atoms with Crippen molar-refractivity contribution >= 4 is 45.7 Å². The minimum atomic E-state index is -0.550. The largest absolute Gasteiger partial charge is 0.324 e. The SMILES string of the molecule is Cc1cc(Nc2ncc(F)c3nn(-c4c(Cl)cccc4Cl)cc23)ncn1. The zero-order valence-corrected chi connectivity index (χ0v) is 14.9. The fraction of sp³-hybridized carbons (Fsp3) is 0.0588. The Labute approximate surface area is 157 Å². The number of pyridine rings is 1. The molecule has 0 spiro atoms. The van der Waals surface area contributed by atoms with Crippen molar-refractivity contribution in [1.82, 2.24) is 24.7 Å². The number of hydrogen-bond donors (Lipinski definition) is 1. The van der Waals surface area contributed by atoms with Gasteiger partial charge in [-0.2, -0.15) is 5.10 Å². The Morgan fingerprint density at radius 1 is 1.12 bits per heavy atom. The summed E-state index contributed by atoms with van der Waals surface area (Å²) >= 11 is 12.5. The summed E-state index contributed by atoms with van der Waals surface area (Å²) in [7, 11) is 0. The van der Waals surface area contributed by atoms with E-state index in [1.54, 1.807) is 30.5 Å². The van der Waals surface area contributed by atoms with E-state index in [-0.39, 0.29) is 5.52 Å². The second-order valence-electron chi connectivity index (χ2n) is 5.53. The lowest BCUT2D eigenvalue weighted by Gasteiger charge is -2.06. The first-order chi connectivity index (χ1) is 12.5. The minimum Gasteiger partial charge on any atom is -0.324 e. The highest BCUT2D eigenvalue weighted by atomic mass is 35.5. The second-order valence-corrected chi connectivity index (χ2v) is 6.34. The van der Waals surface area contributed by atoms with Crippen LogP contribution in [0.3, 0.4) is 0 Å². The first kappa shape index (κ1) is 16.7. The van der Waals surface area contributed by atoms with E-state index in [9.17, 15) is 4.39 Å². The smallest absolute Gasteiger partial charge is 0.169 e. The van der Waals surface area contributed by atoms with Gasteiger partial charge in [-0.25, -0.2) is 24.0 Å². The third-order valence-corrected chi connectivity index (χ3v) is 4.33. The average molecular weight is 389 g/mol. The number of aromatic nitrogens is 5. The van der Waals surface area contributed by atoms with Gasteiger partial charge in [-0.15, -0.1) is 0 Å². The van der Waals surface area contributed by atoms with E-state index in [0.717, 1.165) is 11.9 Å². The number of fused-ring (bicyclic) bond motifs is 1. The molecule has 4 rings (SSSR count). The van der Waals surface area contributed by atoms with Crippen LogP contribution in [0.15, 0.2) is 43.0 Å². The molecule has 1 N–H and O–H groups in total. The summed E-state index contributed by atoms with van der Waals surface area (Å²) < 4.78 is 15.7. The predicted octanol–water partition coefficient (Wildman–Crippen LogP) is 4.71. The Morgan fingerprint density at radius 3 is 2.62 bits per heavy atom. The van der Waals surface area contributed by atoms with Crippen LogP contribution in [0.1, 0.15) is 5.69 Å². The van der Waals surface area contributed by atoms with Crippen LogP contribution in [0, 0.1) is 12.7 Å². The van der Waals surface area contributed by atoms with E-state index in [2.05, 4.69) is 25.4 Å². The van der Waals surface area contributed by atoms with Crippen molar-refractivity contribution in [3.63, 3.8) is 0 Å². The van der Waals surface area contributed by atoms with Crippen LogP contribution in [0.2, 0.25) is 10.0 Å². The average Bonchev–Trinajstić information content (AvgIpc) is 3.03. The van der Waals surface area contributed by atoms with Gasteiger partial charge in [0.2, 0.25) is 0 Å². The summed E-state index contributed by atoms with van der Waals surface area (Å²) in [5, 5.41) is 8.62. The van der Waals surface area contributed by atoms with Gasteiger partial charge in [-0.05, 0) is 19.1 Å². The Hall–Kier alpha value is -2.77. The highest BCUT2D eigenvalue weighted by molar-refractivity contribution is 6.37. The number of anilines is 2. The molecule has 26 heavy (non-hydrogen) atoms. The molecule has 6 nitrogen and oxygen atoms in total. The lowest BCUT2D eigenvalue weighted by molar-refractivity contribution is 0.629. The Morgan fingerprint density at radius 2 is 1.88 bits per heavy atom. The molecule has 130 valence electrons. The van der Waals surface area contributed by atoms with Crippen molar-refractivity contribution in [2.24, 2.45) is 0 Å². The maximum atomic E-state index is 14.2. The highest BCUT2D eigenvalue weighted by Gasteiger charge is 2.16. The molecule has 0 saturated carbocycles. The number of aryl methyl sites for hydroxylation is 1. The van der Waals surface area contributed by atoms with Crippen molar-refractivity contribution < 1.29 is 4.39 Å². The van der Waals surface area contributed by atoms with Gasteiger partial charge in [-0.1, -0.05) is 29.3 Å². The minimum absolute atomic E-state index is 0.143. The molecule has 0 aliphatic heterocycles. The van der Waals surface area contributed by atoms with Crippen LogP contribution < -0.4 is 5.32 Å². The number of halogens is 3. The van der Waals surface area contributed by atoms with Crippen LogP contribution in [0.25, 0.3) is 16.6 Å². The number of benzene rings is 1. The number of nitrogens with one attached hydrogen (secondary N) is 1. The lowest BCUT2D eigenvalue weighted by atomic mass is 10.3. The topological polar surface area (TPSA) is 68.5 Å². The molecule has 4 aromatic rings. The Bertz CT molecular complexity index is 1110. The van der Waals surface area contributed by atoms with E-state index in [0.29, 0.717) is 32.8 Å². The van der Waals surface area contributed by atoms with Crippen LogP contribution in [0.4, 0.5) is 16.0 Å². The normalized spacial score (nSPS) is 11.1. The van der Waals surface area contributed by atoms with E-state index >= 15 is 0 Å². The zero-order valence-electron chi connectivity index (χ0n) is 13.4. The molecular formula is C17H11Cl2FN6. The van der Waals surface area contributed by atoms with Gasteiger partial charge in [0.1, 0.15) is 29.2 Å². The highest BCUT2D eigenvalue weighted by Crippen LogP contribution is 2.31. The molecule has 3 heterocycles. The second kappa shape index (κ2) is 6.51. The molecule has 1 aromatic carbocycles. The number of hydrogen-bond acceptors (Lipinski definition) is 5. The van der Waals surface area contributed by atoms with Gasteiger partial charge < -0.3 is 5.32 Å². The predicted molar refractivity (Wildman–Crippen MR) is 98.9 cm³/mol. The van der Waals surface area contributed by atoms with Crippen LogP contribution in [0.5, 0.6) is 0 Å². The van der Waals surface area contributed by atoms with Gasteiger partial charge in [0, 0.05) is 18.0 Å². The third kappa shape index (κ3) is 2.95. The molecule has 0 fully saturated rings. The quantitative estimate of drug-likeness (QED) is 0.550. The molecular weight excluding hydrogens is 378 g/mol. The van der Waals surface area contributed by atoms with E-state index in [1.165, 1.54) is 11.0 Å². The molecule has 0 amide bonds. The lowest BCUT2D eigenvalue weighted by Crippen LogP contribution is -1.98. The first-order valence-corrected chi connectivity index (χ1v) is 8.32. The molecule has 0 aliphatic rings. The van der Waals surface area contributed by atoms with E-state index in [1.807, 2.05) is 6.92 Å².